The van der Waals surface area contributed by atoms with Gasteiger partial charge in [0, 0.05) is 29.7 Å². The Hall–Kier alpha value is -1.68. The quantitative estimate of drug-likeness (QED) is 0.447. The van der Waals surface area contributed by atoms with Crippen molar-refractivity contribution in [2.45, 2.75) is 90.4 Å². The van der Waals surface area contributed by atoms with Crippen LogP contribution in [0.5, 0.6) is 0 Å². The molecule has 3 nitrogen and oxygen atoms in total. The van der Waals surface area contributed by atoms with Crippen molar-refractivity contribution in [3.05, 3.63) is 58.7 Å². The van der Waals surface area contributed by atoms with Crippen LogP contribution in [0.15, 0.2) is 30.5 Å². The van der Waals surface area contributed by atoms with Crippen molar-refractivity contribution < 1.29 is 4.79 Å². The van der Waals surface area contributed by atoms with Crippen LogP contribution in [0.2, 0.25) is 0 Å². The van der Waals surface area contributed by atoms with E-state index in [1.165, 1.54) is 67.5 Å². The molecule has 0 unspecified atom stereocenters. The monoisotopic (exact) mass is 412 g/mol. The number of ketones is 1. The van der Waals surface area contributed by atoms with Gasteiger partial charge in [-0.05, 0) is 88.0 Å². The maximum absolute atomic E-state index is 11.7. The Morgan fingerprint density at radius 2 is 1.83 bits per heavy atom. The third-order valence-electron chi connectivity index (χ3n) is 5.91. The summed E-state index contributed by atoms with van der Waals surface area (Å²) >= 11 is 0. The van der Waals surface area contributed by atoms with Crippen LogP contribution in [0, 0.1) is 6.92 Å². The Labute approximate surface area is 183 Å². The second-order valence-electron chi connectivity index (χ2n) is 8.40. The topological polar surface area (TPSA) is 42.9 Å². The number of hydrogen-bond donors (Lipinski definition) is 0. The molecular formula is C25H36N2OS. The molecule has 0 aliphatic heterocycles. The number of aromatic nitrogens is 2. The van der Waals surface area contributed by atoms with Gasteiger partial charge in [-0.15, -0.1) is 0 Å². The Kier molecular flexibility index (Phi) is 9.86. The number of aryl methyl sites for hydroxylation is 4. The molecule has 2 aromatic heterocycles. The molecule has 2 aromatic rings. The van der Waals surface area contributed by atoms with Crippen molar-refractivity contribution in [2.75, 3.05) is 0 Å². The van der Waals surface area contributed by atoms with Crippen molar-refractivity contribution in [1.29, 1.82) is 0 Å². The summed E-state index contributed by atoms with van der Waals surface area (Å²) in [6, 6.07) is 8.72. The summed E-state index contributed by atoms with van der Waals surface area (Å²) in [5.74, 6) is 0.581. The summed E-state index contributed by atoms with van der Waals surface area (Å²) in [5, 5.41) is 0. The predicted octanol–water partition coefficient (Wildman–Crippen LogP) is 6.03. The van der Waals surface area contributed by atoms with Crippen LogP contribution in [-0.4, -0.2) is 15.8 Å². The lowest BCUT2D eigenvalue weighted by Gasteiger charge is -2.16. The van der Waals surface area contributed by atoms with Gasteiger partial charge in [0.15, 0.2) is 0 Å². The molecule has 0 N–H and O–H groups in total. The molecule has 2 heterocycles. The number of Topliss-reactive ketones (excluding diaryl/α,β-unsaturated/α-hetero) is 1. The molecule has 0 saturated carbocycles. The number of carbonyl (C=O) groups is 1. The van der Waals surface area contributed by atoms with Crippen molar-refractivity contribution >= 4 is 19.3 Å². The molecule has 0 amide bonds. The summed E-state index contributed by atoms with van der Waals surface area (Å²) < 4.78 is 0. The third kappa shape index (κ3) is 7.58. The van der Waals surface area contributed by atoms with Crippen molar-refractivity contribution in [2.24, 2.45) is 0 Å². The van der Waals surface area contributed by atoms with Gasteiger partial charge in [0.1, 0.15) is 5.78 Å². The van der Waals surface area contributed by atoms with E-state index in [0.717, 1.165) is 25.0 Å². The highest BCUT2D eigenvalue weighted by Gasteiger charge is 2.14. The maximum atomic E-state index is 11.7. The van der Waals surface area contributed by atoms with Crippen LogP contribution in [0.3, 0.4) is 0 Å². The van der Waals surface area contributed by atoms with E-state index in [2.05, 4.69) is 23.2 Å². The molecular weight excluding hydrogens is 376 g/mol. The zero-order valence-electron chi connectivity index (χ0n) is 18.0. The lowest BCUT2D eigenvalue weighted by molar-refractivity contribution is -0.117. The second-order valence-corrected chi connectivity index (χ2v) is 8.40. The van der Waals surface area contributed by atoms with E-state index in [1.54, 1.807) is 6.92 Å². The molecule has 0 spiro atoms. The first-order valence-electron chi connectivity index (χ1n) is 11.0. The Balaban J connectivity index is 0.00000300. The molecule has 158 valence electrons. The average molecular weight is 413 g/mol. The molecule has 0 radical (unpaired) electrons. The highest BCUT2D eigenvalue weighted by atomic mass is 32.1. The Bertz CT molecular complexity index is 773. The number of unbranched alkanes of at least 4 members (excludes halogenated alkanes) is 3. The van der Waals surface area contributed by atoms with Crippen LogP contribution in [0.4, 0.5) is 0 Å². The molecule has 29 heavy (non-hydrogen) atoms. The summed E-state index contributed by atoms with van der Waals surface area (Å²) in [7, 11) is 0. The maximum Gasteiger partial charge on any atom is 0.130 e. The molecule has 0 aromatic carbocycles. The lowest BCUT2D eigenvalue weighted by atomic mass is 9.89. The van der Waals surface area contributed by atoms with Crippen LogP contribution >= 0.6 is 13.5 Å². The minimum absolute atomic E-state index is 0. The number of pyridine rings is 2. The molecule has 1 aliphatic carbocycles. The Morgan fingerprint density at radius 1 is 1.03 bits per heavy atom. The van der Waals surface area contributed by atoms with Crippen molar-refractivity contribution in [3.8, 4) is 0 Å². The number of carbonyl (C=O) groups excluding carboxylic acids is 1. The summed E-state index contributed by atoms with van der Waals surface area (Å²) in [4.78, 5) is 21.0. The first kappa shape index (κ1) is 23.6. The number of hydrogen-bond acceptors (Lipinski definition) is 3. The fraction of sp³-hybridized carbons (Fsp3) is 0.560. The van der Waals surface area contributed by atoms with Gasteiger partial charge in [-0.2, -0.15) is 13.5 Å². The summed E-state index contributed by atoms with van der Waals surface area (Å²) in [6.45, 7) is 3.70. The second kappa shape index (κ2) is 12.1. The average Bonchev–Trinajstić information content (AvgIpc) is 2.70. The minimum Gasteiger partial charge on any atom is -0.300 e. The fourth-order valence-corrected chi connectivity index (χ4v) is 4.27. The molecule has 4 heteroatoms. The largest absolute Gasteiger partial charge is 0.300 e. The highest BCUT2D eigenvalue weighted by molar-refractivity contribution is 7.59. The van der Waals surface area contributed by atoms with Crippen LogP contribution in [0.25, 0.3) is 0 Å². The SMILES string of the molecule is CC(=O)C[C@H](CCCCCCc1ccc2c(n1)CCCC2)c1ccc(C)nc1.S. The van der Waals surface area contributed by atoms with E-state index >= 15 is 0 Å². The van der Waals surface area contributed by atoms with Gasteiger partial charge in [-0.1, -0.05) is 31.4 Å². The van der Waals surface area contributed by atoms with E-state index in [4.69, 9.17) is 4.98 Å². The predicted molar refractivity (Wildman–Crippen MR) is 125 cm³/mol. The molecule has 0 saturated heterocycles. The van der Waals surface area contributed by atoms with E-state index in [0.29, 0.717) is 12.3 Å². The van der Waals surface area contributed by atoms with E-state index in [9.17, 15) is 4.79 Å². The zero-order valence-corrected chi connectivity index (χ0v) is 19.0. The Morgan fingerprint density at radius 3 is 2.59 bits per heavy atom. The molecule has 0 bridgehead atoms. The standard InChI is InChI=1S/C25H34N2O.H2S/c1-19-13-14-23(18-26-19)22(17-20(2)28)10-5-3-4-6-11-24-16-15-21-9-7-8-12-25(21)27-24;/h13-16,18,22H,3-12,17H2,1-2H3;1H2/t22-;/m0./s1. The van der Waals surface area contributed by atoms with Gasteiger partial charge in [0.25, 0.3) is 0 Å². The van der Waals surface area contributed by atoms with Gasteiger partial charge in [-0.25, -0.2) is 0 Å². The van der Waals surface area contributed by atoms with Gasteiger partial charge >= 0.3 is 0 Å². The van der Waals surface area contributed by atoms with Crippen molar-refractivity contribution in [3.63, 3.8) is 0 Å². The van der Waals surface area contributed by atoms with Crippen molar-refractivity contribution in [1.82, 2.24) is 9.97 Å². The summed E-state index contributed by atoms with van der Waals surface area (Å²) in [6.07, 6.45) is 14.5. The molecule has 1 atom stereocenters. The number of rotatable bonds is 10. The zero-order chi connectivity index (χ0) is 19.8. The van der Waals surface area contributed by atoms with E-state index < -0.39 is 0 Å². The smallest absolute Gasteiger partial charge is 0.130 e. The normalized spacial score (nSPS) is 14.0. The van der Waals surface area contributed by atoms with Gasteiger partial charge in [-0.3, -0.25) is 9.97 Å². The van der Waals surface area contributed by atoms with Gasteiger partial charge < -0.3 is 4.79 Å². The van der Waals surface area contributed by atoms with E-state index in [1.807, 2.05) is 19.2 Å². The highest BCUT2D eigenvalue weighted by Crippen LogP contribution is 2.26. The van der Waals surface area contributed by atoms with Crippen LogP contribution in [-0.2, 0) is 24.1 Å². The molecule has 3 rings (SSSR count). The van der Waals surface area contributed by atoms with Crippen LogP contribution in [0.1, 0.15) is 92.4 Å². The van der Waals surface area contributed by atoms with Gasteiger partial charge in [0.2, 0.25) is 0 Å². The first-order chi connectivity index (χ1) is 13.6. The minimum atomic E-state index is 0. The van der Waals surface area contributed by atoms with Crippen LogP contribution < -0.4 is 0 Å². The fourth-order valence-electron chi connectivity index (χ4n) is 4.27. The molecule has 0 fully saturated rings. The third-order valence-corrected chi connectivity index (χ3v) is 5.91. The lowest BCUT2D eigenvalue weighted by Crippen LogP contribution is -2.07. The summed E-state index contributed by atoms with van der Waals surface area (Å²) in [5.41, 5.74) is 6.32. The van der Waals surface area contributed by atoms with E-state index in [-0.39, 0.29) is 19.3 Å². The number of fused-ring (bicyclic) bond motifs is 1. The molecule has 1 aliphatic rings. The first-order valence-corrected chi connectivity index (χ1v) is 11.0. The number of nitrogens with zero attached hydrogens (tertiary/aromatic N) is 2. The van der Waals surface area contributed by atoms with Gasteiger partial charge in [0.05, 0.1) is 0 Å².